The van der Waals surface area contributed by atoms with E-state index < -0.39 is 0 Å². The molecule has 6 heteroatoms. The van der Waals surface area contributed by atoms with Gasteiger partial charge in [-0.25, -0.2) is 9.38 Å². The molecule has 4 nitrogen and oxygen atoms in total. The van der Waals surface area contributed by atoms with Crippen molar-refractivity contribution in [1.82, 2.24) is 15.5 Å². The number of benzene rings is 1. The van der Waals surface area contributed by atoms with Crippen molar-refractivity contribution in [2.45, 2.75) is 38.8 Å². The Labute approximate surface area is 161 Å². The van der Waals surface area contributed by atoms with Crippen LogP contribution in [0.2, 0.25) is 0 Å². The van der Waals surface area contributed by atoms with Crippen molar-refractivity contribution in [3.8, 4) is 0 Å². The summed E-state index contributed by atoms with van der Waals surface area (Å²) in [5.74, 6) is 1.32. The van der Waals surface area contributed by atoms with Crippen molar-refractivity contribution in [3.63, 3.8) is 0 Å². The van der Waals surface area contributed by atoms with E-state index in [-0.39, 0.29) is 29.8 Å². The van der Waals surface area contributed by atoms with Gasteiger partial charge in [0.05, 0.1) is 6.54 Å². The minimum atomic E-state index is -0.207. The molecule has 1 aromatic carbocycles. The molecular weight excluding hydrogens is 418 g/mol. The molecule has 1 aliphatic carbocycles. The summed E-state index contributed by atoms with van der Waals surface area (Å²) in [5, 5.41) is 6.72. The molecular formula is C18H28FIN4. The highest BCUT2D eigenvalue weighted by molar-refractivity contribution is 14.0. The van der Waals surface area contributed by atoms with Gasteiger partial charge in [0.25, 0.3) is 0 Å². The van der Waals surface area contributed by atoms with Crippen LogP contribution in [0.3, 0.4) is 0 Å². The van der Waals surface area contributed by atoms with Crippen molar-refractivity contribution >= 4 is 29.9 Å². The summed E-state index contributed by atoms with van der Waals surface area (Å²) in [7, 11) is 0. The second-order valence-corrected chi connectivity index (χ2v) is 6.59. The van der Waals surface area contributed by atoms with Crippen molar-refractivity contribution in [3.05, 3.63) is 35.6 Å². The smallest absolute Gasteiger partial charge is 0.191 e. The largest absolute Gasteiger partial charge is 0.357 e. The fraction of sp³-hybridized carbons (Fsp3) is 0.611. The van der Waals surface area contributed by atoms with Gasteiger partial charge in [-0.05, 0) is 56.3 Å². The van der Waals surface area contributed by atoms with Gasteiger partial charge in [-0.1, -0.05) is 12.1 Å². The third-order valence-electron chi connectivity index (χ3n) is 4.59. The predicted octanol–water partition coefficient (Wildman–Crippen LogP) is 2.98. The summed E-state index contributed by atoms with van der Waals surface area (Å²) in [6, 6.07) is 7.50. The van der Waals surface area contributed by atoms with Gasteiger partial charge in [-0.3, -0.25) is 0 Å². The number of nitrogens with zero attached hydrogens (tertiary/aromatic N) is 2. The standard InChI is InChI=1S/C18H27FN4.HI/c1-2-20-18(21-11-14-4-3-5-16(19)10-14)22-12-15-8-9-23(13-15)17-6-7-17;/h3-5,10,15,17H,2,6-9,11-13H2,1H3,(H2,20,21,22);1H. The first-order chi connectivity index (χ1) is 11.2. The molecule has 1 atom stereocenters. The van der Waals surface area contributed by atoms with Crippen LogP contribution in [0.1, 0.15) is 31.7 Å². The molecule has 2 aliphatic rings. The topological polar surface area (TPSA) is 39.7 Å². The van der Waals surface area contributed by atoms with Crippen molar-refractivity contribution in [2.24, 2.45) is 10.9 Å². The number of guanidine groups is 1. The molecule has 1 saturated heterocycles. The summed E-state index contributed by atoms with van der Waals surface area (Å²) in [4.78, 5) is 7.19. The Kier molecular flexibility index (Phi) is 7.74. The molecule has 0 aromatic heterocycles. The molecule has 1 unspecified atom stereocenters. The SMILES string of the molecule is CCNC(=NCc1cccc(F)c1)NCC1CCN(C2CC2)C1.I. The van der Waals surface area contributed by atoms with Crippen LogP contribution >= 0.6 is 24.0 Å². The quantitative estimate of drug-likeness (QED) is 0.401. The van der Waals surface area contributed by atoms with E-state index in [0.29, 0.717) is 12.5 Å². The third kappa shape index (κ3) is 5.88. The zero-order valence-corrected chi connectivity index (χ0v) is 16.6. The molecule has 0 amide bonds. The number of hydrogen-bond acceptors (Lipinski definition) is 2. The van der Waals surface area contributed by atoms with Crippen LogP contribution in [0.25, 0.3) is 0 Å². The van der Waals surface area contributed by atoms with E-state index in [1.54, 1.807) is 6.07 Å². The molecule has 134 valence electrons. The maximum atomic E-state index is 13.2. The molecule has 1 saturated carbocycles. The highest BCUT2D eigenvalue weighted by atomic mass is 127. The molecule has 0 radical (unpaired) electrons. The normalized spacial score (nSPS) is 21.4. The van der Waals surface area contributed by atoms with E-state index in [2.05, 4.69) is 27.4 Å². The third-order valence-corrected chi connectivity index (χ3v) is 4.59. The van der Waals surface area contributed by atoms with E-state index in [1.165, 1.54) is 44.5 Å². The van der Waals surface area contributed by atoms with Crippen LogP contribution in [-0.4, -0.2) is 43.1 Å². The highest BCUT2D eigenvalue weighted by Crippen LogP contribution is 2.31. The molecule has 2 fully saturated rings. The minimum Gasteiger partial charge on any atom is -0.357 e. The van der Waals surface area contributed by atoms with E-state index in [4.69, 9.17) is 0 Å². The molecule has 1 aliphatic heterocycles. The molecule has 1 aromatic rings. The zero-order valence-electron chi connectivity index (χ0n) is 14.3. The van der Waals surface area contributed by atoms with Crippen LogP contribution < -0.4 is 10.6 Å². The summed E-state index contributed by atoms with van der Waals surface area (Å²) < 4.78 is 13.2. The molecule has 24 heavy (non-hydrogen) atoms. The molecule has 1 heterocycles. The average Bonchev–Trinajstić information content (AvgIpc) is 3.29. The van der Waals surface area contributed by atoms with E-state index in [0.717, 1.165) is 30.7 Å². The fourth-order valence-electron chi connectivity index (χ4n) is 3.19. The van der Waals surface area contributed by atoms with Crippen LogP contribution in [0, 0.1) is 11.7 Å². The second-order valence-electron chi connectivity index (χ2n) is 6.59. The Balaban J connectivity index is 0.00000208. The van der Waals surface area contributed by atoms with Gasteiger partial charge in [0.1, 0.15) is 5.82 Å². The van der Waals surface area contributed by atoms with Gasteiger partial charge in [0, 0.05) is 25.7 Å². The average molecular weight is 446 g/mol. The second kappa shape index (κ2) is 9.56. The molecule has 2 N–H and O–H groups in total. The lowest BCUT2D eigenvalue weighted by molar-refractivity contribution is 0.314. The molecule has 0 spiro atoms. The Morgan fingerprint density at radius 3 is 2.83 bits per heavy atom. The first kappa shape index (κ1) is 19.4. The van der Waals surface area contributed by atoms with Gasteiger partial charge in [-0.15, -0.1) is 24.0 Å². The molecule has 0 bridgehead atoms. The Morgan fingerprint density at radius 2 is 2.12 bits per heavy atom. The zero-order chi connectivity index (χ0) is 16.1. The van der Waals surface area contributed by atoms with Crippen LogP contribution in [-0.2, 0) is 6.54 Å². The monoisotopic (exact) mass is 446 g/mol. The van der Waals surface area contributed by atoms with E-state index >= 15 is 0 Å². The number of halogens is 2. The number of nitrogens with one attached hydrogen (secondary N) is 2. The summed E-state index contributed by atoms with van der Waals surface area (Å²) in [6.07, 6.45) is 4.04. The Morgan fingerprint density at radius 1 is 1.29 bits per heavy atom. The van der Waals surface area contributed by atoms with Gasteiger partial charge in [0.2, 0.25) is 0 Å². The van der Waals surface area contributed by atoms with Gasteiger partial charge >= 0.3 is 0 Å². The Bertz CT molecular complexity index is 548. The van der Waals surface area contributed by atoms with Crippen molar-refractivity contribution in [2.75, 3.05) is 26.2 Å². The lowest BCUT2D eigenvalue weighted by atomic mass is 10.1. The van der Waals surface area contributed by atoms with Crippen molar-refractivity contribution < 1.29 is 4.39 Å². The first-order valence-electron chi connectivity index (χ1n) is 8.75. The lowest BCUT2D eigenvalue weighted by Gasteiger charge is -2.17. The van der Waals surface area contributed by atoms with Crippen LogP contribution in [0.15, 0.2) is 29.3 Å². The van der Waals surface area contributed by atoms with Gasteiger partial charge in [0.15, 0.2) is 5.96 Å². The van der Waals surface area contributed by atoms with Crippen LogP contribution in [0.5, 0.6) is 0 Å². The highest BCUT2D eigenvalue weighted by Gasteiger charge is 2.34. The lowest BCUT2D eigenvalue weighted by Crippen LogP contribution is -2.40. The number of rotatable bonds is 6. The minimum absolute atomic E-state index is 0. The molecule has 3 rings (SSSR count). The maximum Gasteiger partial charge on any atom is 0.191 e. The maximum absolute atomic E-state index is 13.2. The predicted molar refractivity (Wildman–Crippen MR) is 107 cm³/mol. The van der Waals surface area contributed by atoms with E-state index in [9.17, 15) is 4.39 Å². The Hall–Kier alpha value is -0.890. The number of aliphatic imine (C=N–C) groups is 1. The fourth-order valence-corrected chi connectivity index (χ4v) is 3.19. The van der Waals surface area contributed by atoms with E-state index in [1.807, 2.05) is 6.07 Å². The van der Waals surface area contributed by atoms with Crippen molar-refractivity contribution in [1.29, 1.82) is 0 Å². The van der Waals surface area contributed by atoms with Gasteiger partial charge < -0.3 is 15.5 Å². The number of likely N-dealkylation sites (tertiary alicyclic amines) is 1. The summed E-state index contributed by atoms with van der Waals surface area (Å²) >= 11 is 0. The van der Waals surface area contributed by atoms with Gasteiger partial charge in [-0.2, -0.15) is 0 Å². The first-order valence-corrected chi connectivity index (χ1v) is 8.75. The summed E-state index contributed by atoms with van der Waals surface area (Å²) in [6.45, 7) is 6.79. The summed E-state index contributed by atoms with van der Waals surface area (Å²) in [5.41, 5.74) is 0.892. The van der Waals surface area contributed by atoms with Crippen LogP contribution in [0.4, 0.5) is 4.39 Å². The number of hydrogen-bond donors (Lipinski definition) is 2.